The van der Waals surface area contributed by atoms with E-state index in [9.17, 15) is 14.7 Å². The van der Waals surface area contributed by atoms with Crippen molar-refractivity contribution in [1.82, 2.24) is 19.3 Å². The van der Waals surface area contributed by atoms with E-state index >= 15 is 0 Å². The fourth-order valence-electron chi connectivity index (χ4n) is 5.56. The summed E-state index contributed by atoms with van der Waals surface area (Å²) in [6.45, 7) is 3.63. The summed E-state index contributed by atoms with van der Waals surface area (Å²) in [6, 6.07) is 11.5. The number of nitrogens with one attached hydrogen (secondary N) is 1. The molecule has 2 aromatic heterocycles. The summed E-state index contributed by atoms with van der Waals surface area (Å²) in [4.78, 5) is 36.0. The lowest BCUT2D eigenvalue weighted by molar-refractivity contribution is 0.0543. The monoisotopic (exact) mass is 472 g/mol. The molecule has 0 aliphatic carbocycles. The number of carbonyl (C=O) groups excluding carboxylic acids is 1. The number of imidazole rings is 1. The Bertz CT molecular complexity index is 1500. The molecule has 2 aromatic carbocycles. The second kappa shape index (κ2) is 8.62. The second-order valence-corrected chi connectivity index (χ2v) is 9.60. The molecule has 0 bridgehead atoms. The predicted molar refractivity (Wildman–Crippen MR) is 132 cm³/mol. The van der Waals surface area contributed by atoms with Gasteiger partial charge in [0.15, 0.2) is 0 Å². The minimum atomic E-state index is -0.289. The third-order valence-corrected chi connectivity index (χ3v) is 7.50. The molecule has 1 fully saturated rings. The number of amides is 1. The number of aliphatic hydroxyl groups excluding tert-OH is 1. The molecule has 0 unspecified atom stereocenters. The maximum atomic E-state index is 13.7. The fraction of sp³-hybridized carbons (Fsp3) is 0.370. The normalized spacial score (nSPS) is 18.8. The van der Waals surface area contributed by atoms with Crippen molar-refractivity contribution in [2.45, 2.75) is 44.7 Å². The molecular formula is C27H28N4O4. The number of benzene rings is 2. The van der Waals surface area contributed by atoms with Crippen LogP contribution in [0.15, 0.2) is 47.4 Å². The van der Waals surface area contributed by atoms with Crippen molar-refractivity contribution in [2.24, 2.45) is 0 Å². The van der Waals surface area contributed by atoms with Crippen molar-refractivity contribution in [1.29, 1.82) is 0 Å². The minimum absolute atomic E-state index is 0.104. The summed E-state index contributed by atoms with van der Waals surface area (Å²) >= 11 is 0. The van der Waals surface area contributed by atoms with Crippen LogP contribution in [0.3, 0.4) is 0 Å². The van der Waals surface area contributed by atoms with E-state index in [1.165, 1.54) is 5.56 Å². The van der Waals surface area contributed by atoms with Gasteiger partial charge >= 0.3 is 0 Å². The van der Waals surface area contributed by atoms with Gasteiger partial charge in [-0.3, -0.25) is 14.0 Å². The first-order valence-corrected chi connectivity index (χ1v) is 12.2. The van der Waals surface area contributed by atoms with Crippen LogP contribution in [0, 0.1) is 6.92 Å². The van der Waals surface area contributed by atoms with Crippen molar-refractivity contribution < 1.29 is 14.6 Å². The van der Waals surface area contributed by atoms with Gasteiger partial charge in [-0.25, -0.2) is 4.98 Å². The number of hydrogen-bond acceptors (Lipinski definition) is 5. The van der Waals surface area contributed by atoms with E-state index in [0.29, 0.717) is 42.8 Å². The van der Waals surface area contributed by atoms with Crippen LogP contribution in [-0.2, 0) is 17.7 Å². The highest BCUT2D eigenvalue weighted by Gasteiger charge is 2.31. The smallest absolute Gasteiger partial charge is 0.274 e. The van der Waals surface area contributed by atoms with Crippen LogP contribution in [0.2, 0.25) is 0 Å². The van der Waals surface area contributed by atoms with Crippen LogP contribution < -0.4 is 5.56 Å². The number of fused-ring (bicyclic) bond motifs is 4. The van der Waals surface area contributed by atoms with Gasteiger partial charge in [0.25, 0.3) is 11.5 Å². The zero-order valence-electron chi connectivity index (χ0n) is 19.7. The van der Waals surface area contributed by atoms with E-state index in [0.717, 1.165) is 35.3 Å². The number of aromatic nitrogens is 3. The number of hydrogen-bond donors (Lipinski definition) is 2. The summed E-state index contributed by atoms with van der Waals surface area (Å²) in [5.74, 6) is 0.941. The molecule has 1 atom stereocenters. The number of nitrogens with zero attached hydrogens (tertiary/aromatic N) is 3. The Labute approximate surface area is 202 Å². The molecule has 6 rings (SSSR count). The highest BCUT2D eigenvalue weighted by molar-refractivity contribution is 5.99. The van der Waals surface area contributed by atoms with E-state index in [1.807, 2.05) is 35.6 Å². The van der Waals surface area contributed by atoms with Gasteiger partial charge in [-0.15, -0.1) is 0 Å². The molecule has 2 aliphatic heterocycles. The van der Waals surface area contributed by atoms with Crippen LogP contribution in [0.25, 0.3) is 16.6 Å². The lowest BCUT2D eigenvalue weighted by Gasteiger charge is -2.36. The number of aromatic amines is 1. The average molecular weight is 473 g/mol. The number of aryl methyl sites for hydroxylation is 1. The van der Waals surface area contributed by atoms with Gasteiger partial charge in [0, 0.05) is 31.2 Å². The van der Waals surface area contributed by atoms with E-state index in [4.69, 9.17) is 4.74 Å². The van der Waals surface area contributed by atoms with Crippen LogP contribution in [0.1, 0.15) is 51.6 Å². The lowest BCUT2D eigenvalue weighted by Crippen LogP contribution is -2.46. The van der Waals surface area contributed by atoms with E-state index < -0.39 is 0 Å². The van der Waals surface area contributed by atoms with Gasteiger partial charge in [0.05, 0.1) is 29.9 Å². The van der Waals surface area contributed by atoms with Crippen molar-refractivity contribution >= 4 is 22.5 Å². The van der Waals surface area contributed by atoms with Crippen molar-refractivity contribution in [2.75, 3.05) is 19.8 Å². The minimum Gasteiger partial charge on any atom is -0.394 e. The van der Waals surface area contributed by atoms with Crippen LogP contribution in [0.4, 0.5) is 0 Å². The molecule has 8 heteroatoms. The van der Waals surface area contributed by atoms with E-state index in [-0.39, 0.29) is 30.0 Å². The van der Waals surface area contributed by atoms with Gasteiger partial charge in [0.2, 0.25) is 0 Å². The van der Waals surface area contributed by atoms with Crippen LogP contribution in [0.5, 0.6) is 0 Å². The largest absolute Gasteiger partial charge is 0.394 e. The highest BCUT2D eigenvalue weighted by atomic mass is 16.5. The Morgan fingerprint density at radius 3 is 2.71 bits per heavy atom. The summed E-state index contributed by atoms with van der Waals surface area (Å²) in [5, 5.41) is 10.0. The van der Waals surface area contributed by atoms with Gasteiger partial charge in [-0.1, -0.05) is 24.3 Å². The molecular weight excluding hydrogens is 444 g/mol. The molecule has 4 aromatic rings. The molecule has 1 saturated heterocycles. The maximum Gasteiger partial charge on any atom is 0.274 e. The first kappa shape index (κ1) is 22.0. The van der Waals surface area contributed by atoms with E-state index in [1.54, 1.807) is 17.2 Å². The number of H-pyrrole nitrogens is 1. The second-order valence-electron chi connectivity index (χ2n) is 9.60. The lowest BCUT2D eigenvalue weighted by atomic mass is 9.93. The van der Waals surface area contributed by atoms with Gasteiger partial charge in [-0.05, 0) is 55.0 Å². The molecule has 2 aliphatic rings. The van der Waals surface area contributed by atoms with Crippen molar-refractivity contribution in [3.63, 3.8) is 0 Å². The van der Waals surface area contributed by atoms with Gasteiger partial charge < -0.3 is 19.7 Å². The van der Waals surface area contributed by atoms with Crippen LogP contribution in [-0.4, -0.2) is 56.1 Å². The fourth-order valence-corrected chi connectivity index (χ4v) is 5.56. The summed E-state index contributed by atoms with van der Waals surface area (Å²) in [6.07, 6.45) is 3.98. The Morgan fingerprint density at radius 1 is 1.17 bits per heavy atom. The molecule has 8 nitrogen and oxygen atoms in total. The molecule has 2 N–H and O–H groups in total. The zero-order chi connectivity index (χ0) is 24.1. The van der Waals surface area contributed by atoms with Crippen molar-refractivity contribution in [3.05, 3.63) is 81.0 Å². The average Bonchev–Trinajstić information content (AvgIpc) is 3.34. The quantitative estimate of drug-likeness (QED) is 0.478. The summed E-state index contributed by atoms with van der Waals surface area (Å²) < 4.78 is 7.46. The number of carbonyl (C=O) groups is 1. The SMILES string of the molecule is Cc1cc2c(cc1C(=O)N1Cc3ccccc3C[C@H]1CO)[nH]c(=O)c1cnc(C3CCOCC3)n12. The third kappa shape index (κ3) is 3.64. The van der Waals surface area contributed by atoms with Gasteiger partial charge in [-0.2, -0.15) is 0 Å². The molecule has 0 saturated carbocycles. The number of ether oxygens (including phenoxy) is 1. The maximum absolute atomic E-state index is 13.7. The summed E-state index contributed by atoms with van der Waals surface area (Å²) in [7, 11) is 0. The Balaban J connectivity index is 1.45. The summed E-state index contributed by atoms with van der Waals surface area (Å²) in [5.41, 5.74) is 5.31. The number of rotatable bonds is 3. The topological polar surface area (TPSA) is 99.9 Å². The Hall–Kier alpha value is -3.49. The molecule has 1 amide bonds. The highest BCUT2D eigenvalue weighted by Crippen LogP contribution is 2.30. The van der Waals surface area contributed by atoms with Gasteiger partial charge in [0.1, 0.15) is 11.3 Å². The van der Waals surface area contributed by atoms with E-state index in [2.05, 4.69) is 16.0 Å². The predicted octanol–water partition coefficient (Wildman–Crippen LogP) is 2.94. The van der Waals surface area contributed by atoms with Crippen molar-refractivity contribution in [3.8, 4) is 0 Å². The molecule has 0 spiro atoms. The molecule has 0 radical (unpaired) electrons. The standard InChI is InChI=1S/C27H28N4O4/c1-16-10-23-22(29-26(33)24-13-28-25(31(23)24)17-6-8-35-9-7-17)12-21(16)27(34)30-14-19-5-3-2-4-18(19)11-20(30)15-32/h2-5,10,12-13,17,20,32H,6-9,11,14-15H2,1H3,(H,29,33)/t20-/m0/s1. The molecule has 180 valence electrons. The Morgan fingerprint density at radius 2 is 1.94 bits per heavy atom. The molecule has 35 heavy (non-hydrogen) atoms. The first-order valence-electron chi connectivity index (χ1n) is 12.2. The Kier molecular flexibility index (Phi) is 5.42. The first-order chi connectivity index (χ1) is 17.0. The van der Waals surface area contributed by atoms with Crippen LogP contribution >= 0.6 is 0 Å². The zero-order valence-corrected chi connectivity index (χ0v) is 19.7. The number of aliphatic hydroxyl groups is 1. The molecule has 4 heterocycles. The third-order valence-electron chi connectivity index (χ3n) is 7.50.